The summed E-state index contributed by atoms with van der Waals surface area (Å²) in [5, 5.41) is 0.568. The minimum atomic E-state index is -3.74. The van der Waals surface area contributed by atoms with Crippen molar-refractivity contribution in [3.63, 3.8) is 0 Å². The second-order valence-electron chi connectivity index (χ2n) is 10.4. The zero-order valence-corrected chi connectivity index (χ0v) is 25.9. The lowest BCUT2D eigenvalue weighted by atomic mass is 9.95. The quantitative estimate of drug-likeness (QED) is 0.178. The van der Waals surface area contributed by atoms with Crippen LogP contribution in [0.2, 0.25) is 0 Å². The van der Waals surface area contributed by atoms with Gasteiger partial charge in [0.2, 0.25) is 20.0 Å². The Morgan fingerprint density at radius 1 is 0.860 bits per heavy atom. The van der Waals surface area contributed by atoms with Gasteiger partial charge in [0.15, 0.2) is 5.78 Å². The van der Waals surface area contributed by atoms with Gasteiger partial charge in [-0.05, 0) is 42.3 Å². The number of rotatable bonds is 10. The van der Waals surface area contributed by atoms with Crippen molar-refractivity contribution >= 4 is 42.5 Å². The van der Waals surface area contributed by atoms with Crippen LogP contribution in [0.15, 0.2) is 100 Å². The second-order valence-corrected chi connectivity index (χ2v) is 14.2. The van der Waals surface area contributed by atoms with E-state index in [1.54, 1.807) is 55.5 Å². The van der Waals surface area contributed by atoms with E-state index in [-0.39, 0.29) is 23.6 Å². The molecule has 10 heteroatoms. The largest absolute Gasteiger partial charge is 0.455 e. The molecule has 0 saturated carbocycles. The molecule has 1 heterocycles. The second kappa shape index (κ2) is 11.8. The van der Waals surface area contributed by atoms with Crippen molar-refractivity contribution in [1.82, 2.24) is 4.72 Å². The number of fused-ring (bicyclic) bond motifs is 1. The number of furan rings is 1. The maximum absolute atomic E-state index is 13.3. The lowest BCUT2D eigenvalue weighted by Gasteiger charge is -2.21. The number of hydrogen-bond donors (Lipinski definition) is 1. The molecule has 0 aliphatic heterocycles. The van der Waals surface area contributed by atoms with Crippen LogP contribution in [0.1, 0.15) is 34.8 Å². The summed E-state index contributed by atoms with van der Waals surface area (Å²) in [7, 11) is -5.95. The molecule has 43 heavy (non-hydrogen) atoms. The third-order valence-corrected chi connectivity index (χ3v) is 9.92. The number of benzene rings is 4. The van der Waals surface area contributed by atoms with Crippen molar-refractivity contribution < 1.29 is 26.0 Å². The predicted octanol–water partition coefficient (Wildman–Crippen LogP) is 6.54. The molecular weight excluding hydrogens is 585 g/mol. The molecule has 0 bridgehead atoms. The van der Waals surface area contributed by atoms with Crippen molar-refractivity contribution in [3.8, 4) is 22.5 Å². The number of ketones is 1. The monoisotopic (exact) mass is 616 g/mol. The number of nitrogens with zero attached hydrogens (tertiary/aromatic N) is 1. The number of aryl methyl sites for hydroxylation is 1. The molecule has 5 aromatic rings. The summed E-state index contributed by atoms with van der Waals surface area (Å²) in [5.74, 6) is 0.324. The van der Waals surface area contributed by atoms with Gasteiger partial charge < -0.3 is 4.42 Å². The number of Topliss-reactive ketones (excluding diaryl/α,β-unsaturated/α-hetero) is 1. The van der Waals surface area contributed by atoms with Crippen LogP contribution < -0.4 is 9.03 Å². The van der Waals surface area contributed by atoms with E-state index in [2.05, 4.69) is 4.72 Å². The van der Waals surface area contributed by atoms with Gasteiger partial charge in [0.25, 0.3) is 0 Å². The van der Waals surface area contributed by atoms with Crippen molar-refractivity contribution in [3.05, 3.63) is 108 Å². The molecule has 1 aromatic heterocycles. The van der Waals surface area contributed by atoms with Crippen LogP contribution in [0, 0.1) is 6.92 Å². The van der Waals surface area contributed by atoms with Gasteiger partial charge in [-0.25, -0.2) is 21.6 Å². The van der Waals surface area contributed by atoms with Crippen molar-refractivity contribution in [1.29, 1.82) is 0 Å². The highest BCUT2D eigenvalue weighted by Crippen LogP contribution is 2.42. The molecule has 222 valence electrons. The van der Waals surface area contributed by atoms with Gasteiger partial charge >= 0.3 is 0 Å². The molecule has 0 amide bonds. The molecule has 0 aliphatic carbocycles. The first kappa shape index (κ1) is 30.2. The SMILES string of the molecule is CCC(=O)c1c(-c2ccc(C)cc2)oc2cc(N(C)S(C)(=O)=O)c(-c3cccc(CNS(=O)(=O)c4ccccc4)c3)cc12. The number of carbonyl (C=O) groups excluding carboxylic acids is 1. The summed E-state index contributed by atoms with van der Waals surface area (Å²) in [6, 6.07) is 26.4. The van der Waals surface area contributed by atoms with Gasteiger partial charge in [0, 0.05) is 42.6 Å². The number of sulfonamides is 2. The number of carbonyl (C=O) groups is 1. The first-order chi connectivity index (χ1) is 20.4. The zero-order chi connectivity index (χ0) is 30.9. The topological polar surface area (TPSA) is 114 Å². The van der Waals surface area contributed by atoms with Crippen LogP contribution in [0.3, 0.4) is 0 Å². The molecule has 0 atom stereocenters. The van der Waals surface area contributed by atoms with E-state index in [9.17, 15) is 21.6 Å². The Bertz CT molecular complexity index is 2030. The predicted molar refractivity (Wildman–Crippen MR) is 170 cm³/mol. The first-order valence-corrected chi connectivity index (χ1v) is 17.0. The van der Waals surface area contributed by atoms with Gasteiger partial charge in [-0.3, -0.25) is 9.10 Å². The Morgan fingerprint density at radius 3 is 2.21 bits per heavy atom. The summed E-state index contributed by atoms with van der Waals surface area (Å²) < 4.78 is 61.1. The lowest BCUT2D eigenvalue weighted by Crippen LogP contribution is -2.25. The molecule has 5 rings (SSSR count). The minimum Gasteiger partial charge on any atom is -0.455 e. The lowest BCUT2D eigenvalue weighted by molar-refractivity contribution is 0.0989. The Morgan fingerprint density at radius 2 is 1.56 bits per heavy atom. The Kier molecular flexibility index (Phi) is 8.29. The summed E-state index contributed by atoms with van der Waals surface area (Å²) in [4.78, 5) is 13.5. The van der Waals surface area contributed by atoms with E-state index in [1.807, 2.05) is 37.3 Å². The van der Waals surface area contributed by atoms with Crippen molar-refractivity contribution in [2.75, 3.05) is 17.6 Å². The highest BCUT2D eigenvalue weighted by Gasteiger charge is 2.25. The summed E-state index contributed by atoms with van der Waals surface area (Å²) in [6.45, 7) is 3.78. The van der Waals surface area contributed by atoms with Crippen LogP contribution >= 0.6 is 0 Å². The fraction of sp³-hybridized carbons (Fsp3) is 0.182. The van der Waals surface area contributed by atoms with E-state index in [1.165, 1.54) is 23.5 Å². The summed E-state index contributed by atoms with van der Waals surface area (Å²) >= 11 is 0. The average Bonchev–Trinajstić information content (AvgIpc) is 3.37. The van der Waals surface area contributed by atoms with Gasteiger partial charge in [-0.2, -0.15) is 0 Å². The van der Waals surface area contributed by atoms with Crippen molar-refractivity contribution in [2.24, 2.45) is 0 Å². The maximum Gasteiger partial charge on any atom is 0.240 e. The molecule has 0 unspecified atom stereocenters. The zero-order valence-electron chi connectivity index (χ0n) is 24.3. The third kappa shape index (κ3) is 6.27. The fourth-order valence-corrected chi connectivity index (χ4v) is 6.42. The van der Waals surface area contributed by atoms with Gasteiger partial charge in [-0.15, -0.1) is 0 Å². The molecule has 1 N–H and O–H groups in total. The summed E-state index contributed by atoms with van der Waals surface area (Å²) in [5.41, 5.74) is 4.85. The molecule has 0 saturated heterocycles. The molecule has 4 aromatic carbocycles. The average molecular weight is 617 g/mol. The Labute approximate surface area is 252 Å². The van der Waals surface area contributed by atoms with E-state index in [4.69, 9.17) is 4.42 Å². The summed E-state index contributed by atoms with van der Waals surface area (Å²) in [6.07, 6.45) is 1.37. The number of nitrogens with one attached hydrogen (secondary N) is 1. The highest BCUT2D eigenvalue weighted by atomic mass is 32.2. The molecular formula is C33H32N2O6S2. The smallest absolute Gasteiger partial charge is 0.240 e. The Hall–Kier alpha value is -4.25. The fourth-order valence-electron chi connectivity index (χ4n) is 4.87. The minimum absolute atomic E-state index is 0.0212. The van der Waals surface area contributed by atoms with Crippen LogP contribution in [0.4, 0.5) is 5.69 Å². The molecule has 0 radical (unpaired) electrons. The first-order valence-electron chi connectivity index (χ1n) is 13.7. The van der Waals surface area contributed by atoms with Crippen LogP contribution in [-0.4, -0.2) is 35.9 Å². The van der Waals surface area contributed by atoms with Crippen LogP contribution in [0.25, 0.3) is 33.4 Å². The van der Waals surface area contributed by atoms with E-state index < -0.39 is 20.0 Å². The molecule has 0 fully saturated rings. The number of anilines is 1. The van der Waals surface area contributed by atoms with Gasteiger partial charge in [0.05, 0.1) is 22.4 Å². The maximum atomic E-state index is 13.3. The molecule has 0 aliphatic rings. The molecule has 0 spiro atoms. The van der Waals surface area contributed by atoms with E-state index >= 15 is 0 Å². The molecule has 8 nitrogen and oxygen atoms in total. The Balaban J connectivity index is 1.66. The third-order valence-electron chi connectivity index (χ3n) is 7.31. The highest BCUT2D eigenvalue weighted by molar-refractivity contribution is 7.92. The van der Waals surface area contributed by atoms with E-state index in [0.29, 0.717) is 44.7 Å². The standard InChI is InChI=1S/C33H32N2O6S2/c1-5-30(36)32-28-19-27(25-11-9-10-23(18-25)21-34-43(39,40)26-12-7-6-8-13-26)29(35(3)42(4,37)38)20-31(28)41-33(32)24-16-14-22(2)15-17-24/h6-20,34H,5,21H2,1-4H3. The van der Waals surface area contributed by atoms with Gasteiger partial charge in [0.1, 0.15) is 11.3 Å². The van der Waals surface area contributed by atoms with Crippen molar-refractivity contribution in [2.45, 2.75) is 31.7 Å². The van der Waals surface area contributed by atoms with Crippen LogP contribution in [0.5, 0.6) is 0 Å². The normalized spacial score (nSPS) is 12.0. The van der Waals surface area contributed by atoms with Gasteiger partial charge in [-0.1, -0.05) is 73.2 Å². The van der Waals surface area contributed by atoms with E-state index in [0.717, 1.165) is 17.4 Å². The number of hydrogen-bond acceptors (Lipinski definition) is 6. The van der Waals surface area contributed by atoms with Crippen LogP contribution in [-0.2, 0) is 26.6 Å².